The minimum Gasteiger partial charge on any atom is -0.497 e. The molecule has 0 bridgehead atoms. The molecule has 7 nitrogen and oxygen atoms in total. The second kappa shape index (κ2) is 11.1. The number of anilines is 1. The molecule has 35 heavy (non-hydrogen) atoms. The van der Waals surface area contributed by atoms with Gasteiger partial charge in [0.25, 0.3) is 0 Å². The molecule has 3 aromatic rings. The van der Waals surface area contributed by atoms with Crippen molar-refractivity contribution in [2.45, 2.75) is 50.8 Å². The van der Waals surface area contributed by atoms with Gasteiger partial charge in [-0.1, -0.05) is 35.5 Å². The number of hydrogen-bond acceptors (Lipinski definition) is 7. The first-order valence-corrected chi connectivity index (χ1v) is 12.7. The number of methoxy groups -OCH3 is 1. The summed E-state index contributed by atoms with van der Waals surface area (Å²) in [5, 5.41) is 15.4. The van der Waals surface area contributed by atoms with Gasteiger partial charge in [-0.2, -0.15) is 0 Å². The first-order valence-electron chi connectivity index (χ1n) is 12.7. The van der Waals surface area contributed by atoms with Gasteiger partial charge in [-0.05, 0) is 56.4 Å². The van der Waals surface area contributed by atoms with Crippen molar-refractivity contribution in [2.24, 2.45) is 0 Å². The lowest BCUT2D eigenvalue weighted by Gasteiger charge is -2.29. The zero-order valence-corrected chi connectivity index (χ0v) is 20.4. The van der Waals surface area contributed by atoms with Crippen LogP contribution in [0.5, 0.6) is 11.5 Å². The van der Waals surface area contributed by atoms with Crippen LogP contribution in [-0.2, 0) is 6.54 Å². The van der Waals surface area contributed by atoms with Crippen LogP contribution in [0, 0.1) is 0 Å². The van der Waals surface area contributed by atoms with E-state index in [1.165, 1.54) is 19.3 Å². The fourth-order valence-electron chi connectivity index (χ4n) is 4.78. The summed E-state index contributed by atoms with van der Waals surface area (Å²) >= 11 is 0. The van der Waals surface area contributed by atoms with Crippen molar-refractivity contribution in [3.05, 3.63) is 60.2 Å². The lowest BCUT2D eigenvalue weighted by atomic mass is 10.1. The van der Waals surface area contributed by atoms with Crippen LogP contribution in [0.25, 0.3) is 11.3 Å². The Kier molecular flexibility index (Phi) is 7.54. The molecule has 1 unspecified atom stereocenters. The molecule has 1 N–H and O–H groups in total. The molecule has 186 valence electrons. The van der Waals surface area contributed by atoms with E-state index in [-0.39, 0.29) is 6.61 Å². The van der Waals surface area contributed by atoms with Gasteiger partial charge in [0.05, 0.1) is 12.7 Å². The number of benzene rings is 2. The number of aromatic nitrogens is 1. The zero-order valence-electron chi connectivity index (χ0n) is 20.4. The molecule has 1 saturated heterocycles. The number of hydrogen-bond donors (Lipinski definition) is 1. The molecule has 0 amide bonds. The second-order valence-corrected chi connectivity index (χ2v) is 9.53. The molecule has 1 aliphatic carbocycles. The number of aliphatic hydroxyl groups excluding tert-OH is 1. The normalized spacial score (nSPS) is 16.9. The molecular formula is C28H35N3O4. The maximum Gasteiger partial charge on any atom is 0.232 e. The number of nitrogens with zero attached hydrogens (tertiary/aromatic N) is 3. The summed E-state index contributed by atoms with van der Waals surface area (Å²) in [5.74, 6) is 2.39. The van der Waals surface area contributed by atoms with E-state index in [1.807, 2.05) is 42.5 Å². The van der Waals surface area contributed by atoms with Crippen molar-refractivity contribution >= 4 is 5.88 Å². The van der Waals surface area contributed by atoms with Gasteiger partial charge >= 0.3 is 0 Å². The number of piperidine rings is 1. The fourth-order valence-corrected chi connectivity index (χ4v) is 4.78. The Bertz CT molecular complexity index is 1060. The average Bonchev–Trinajstić information content (AvgIpc) is 3.68. The van der Waals surface area contributed by atoms with E-state index in [0.717, 1.165) is 60.1 Å². The zero-order chi connectivity index (χ0) is 24.0. The van der Waals surface area contributed by atoms with Gasteiger partial charge in [-0.3, -0.25) is 4.90 Å². The van der Waals surface area contributed by atoms with Crippen LogP contribution in [0.3, 0.4) is 0 Å². The third-order valence-electron chi connectivity index (χ3n) is 6.83. The predicted octanol–water partition coefficient (Wildman–Crippen LogP) is 4.74. The van der Waals surface area contributed by atoms with E-state index >= 15 is 0 Å². The van der Waals surface area contributed by atoms with E-state index in [0.29, 0.717) is 19.1 Å². The van der Waals surface area contributed by atoms with Gasteiger partial charge in [0.2, 0.25) is 5.88 Å². The summed E-state index contributed by atoms with van der Waals surface area (Å²) in [5.41, 5.74) is 3.09. The molecule has 1 aliphatic heterocycles. The third kappa shape index (κ3) is 5.97. The van der Waals surface area contributed by atoms with Crippen molar-refractivity contribution < 1.29 is 19.1 Å². The smallest absolute Gasteiger partial charge is 0.232 e. The van der Waals surface area contributed by atoms with Gasteiger partial charge in [0.15, 0.2) is 0 Å². The van der Waals surface area contributed by atoms with E-state index < -0.39 is 6.10 Å². The van der Waals surface area contributed by atoms with E-state index in [9.17, 15) is 5.11 Å². The van der Waals surface area contributed by atoms with Crippen LogP contribution in [-0.4, -0.2) is 60.7 Å². The predicted molar refractivity (Wildman–Crippen MR) is 136 cm³/mol. The Morgan fingerprint density at radius 1 is 1.03 bits per heavy atom. The van der Waals surface area contributed by atoms with Gasteiger partial charge in [-0.25, -0.2) is 0 Å². The minimum atomic E-state index is -0.601. The van der Waals surface area contributed by atoms with Crippen molar-refractivity contribution in [3.8, 4) is 22.8 Å². The highest BCUT2D eigenvalue weighted by Crippen LogP contribution is 2.36. The largest absolute Gasteiger partial charge is 0.497 e. The third-order valence-corrected chi connectivity index (χ3v) is 6.83. The Morgan fingerprint density at radius 3 is 2.43 bits per heavy atom. The quantitative estimate of drug-likeness (QED) is 0.428. The first kappa shape index (κ1) is 23.7. The highest BCUT2D eigenvalue weighted by atomic mass is 16.5. The summed E-state index contributed by atoms with van der Waals surface area (Å²) < 4.78 is 17.0. The lowest BCUT2D eigenvalue weighted by molar-refractivity contribution is 0.0626. The van der Waals surface area contributed by atoms with Crippen molar-refractivity contribution in [3.63, 3.8) is 0 Å². The maximum atomic E-state index is 10.9. The van der Waals surface area contributed by atoms with Crippen LogP contribution < -0.4 is 14.4 Å². The summed E-state index contributed by atoms with van der Waals surface area (Å²) in [6.45, 7) is 3.48. The van der Waals surface area contributed by atoms with Crippen LogP contribution in [0.1, 0.15) is 37.7 Å². The van der Waals surface area contributed by atoms with E-state index in [4.69, 9.17) is 14.0 Å². The van der Waals surface area contributed by atoms with Gasteiger partial charge < -0.3 is 24.0 Å². The van der Waals surface area contributed by atoms with Crippen LogP contribution in [0.2, 0.25) is 0 Å². The minimum absolute atomic E-state index is 0.240. The van der Waals surface area contributed by atoms with Crippen molar-refractivity contribution in [2.75, 3.05) is 38.3 Å². The molecule has 0 radical (unpaired) electrons. The Morgan fingerprint density at radius 2 is 1.74 bits per heavy atom. The topological polar surface area (TPSA) is 71.2 Å². The van der Waals surface area contributed by atoms with Crippen LogP contribution in [0.4, 0.5) is 5.88 Å². The van der Waals surface area contributed by atoms with Gasteiger partial charge in [-0.15, -0.1) is 0 Å². The van der Waals surface area contributed by atoms with Gasteiger partial charge in [0.1, 0.15) is 29.9 Å². The Labute approximate surface area is 207 Å². The van der Waals surface area contributed by atoms with Crippen LogP contribution >= 0.6 is 0 Å². The Hall–Kier alpha value is -3.03. The summed E-state index contributed by atoms with van der Waals surface area (Å²) in [7, 11) is 1.64. The standard InChI is InChI=1S/C28H35N3O4/c1-33-24-12-14-25(15-13-24)34-20-23(32)18-31(22-10-11-22)19-26-27(21-8-4-2-5-9-21)29-35-28(26)30-16-6-3-7-17-30/h2,4-5,8-9,12-15,22-23,32H,3,6-7,10-11,16-20H2,1H3. The molecule has 1 atom stereocenters. The molecule has 0 spiro atoms. The van der Waals surface area contributed by atoms with Gasteiger partial charge in [0, 0.05) is 37.8 Å². The number of aliphatic hydroxyl groups is 1. The summed E-state index contributed by atoms with van der Waals surface area (Å²) in [6.07, 6.45) is 5.31. The lowest BCUT2D eigenvalue weighted by Crippen LogP contribution is -2.37. The molecule has 1 aromatic heterocycles. The molecule has 2 aliphatic rings. The molecule has 2 fully saturated rings. The molecular weight excluding hydrogens is 442 g/mol. The maximum absolute atomic E-state index is 10.9. The number of ether oxygens (including phenoxy) is 2. The average molecular weight is 478 g/mol. The first-order chi connectivity index (χ1) is 17.2. The van der Waals surface area contributed by atoms with E-state index in [2.05, 4.69) is 27.1 Å². The monoisotopic (exact) mass is 477 g/mol. The second-order valence-electron chi connectivity index (χ2n) is 9.53. The molecule has 2 heterocycles. The molecule has 1 saturated carbocycles. The van der Waals surface area contributed by atoms with Crippen molar-refractivity contribution in [1.29, 1.82) is 0 Å². The molecule has 7 heteroatoms. The fraction of sp³-hybridized carbons (Fsp3) is 0.464. The molecule has 2 aromatic carbocycles. The highest BCUT2D eigenvalue weighted by Gasteiger charge is 2.33. The SMILES string of the molecule is COc1ccc(OCC(O)CN(Cc2c(-c3ccccc3)noc2N2CCCCC2)C2CC2)cc1. The van der Waals surface area contributed by atoms with E-state index in [1.54, 1.807) is 7.11 Å². The van der Waals surface area contributed by atoms with Crippen molar-refractivity contribution in [1.82, 2.24) is 10.1 Å². The summed E-state index contributed by atoms with van der Waals surface area (Å²) in [6, 6.07) is 18.2. The molecule has 5 rings (SSSR count). The Balaban J connectivity index is 1.31. The summed E-state index contributed by atoms with van der Waals surface area (Å²) in [4.78, 5) is 4.71. The number of rotatable bonds is 11. The van der Waals surface area contributed by atoms with Crippen LogP contribution in [0.15, 0.2) is 59.1 Å². The highest BCUT2D eigenvalue weighted by molar-refractivity contribution is 5.68.